The molecule has 4 N–H and O–H groups in total. The quantitative estimate of drug-likeness (QED) is 0.725. The smallest absolute Gasteiger partial charge is 0.223 e. The molecule has 1 amide bonds. The third kappa shape index (κ3) is 3.73. The Labute approximate surface area is 112 Å². The van der Waals surface area contributed by atoms with Gasteiger partial charge in [0, 0.05) is 12.0 Å². The Morgan fingerprint density at radius 1 is 1.58 bits per heavy atom. The van der Waals surface area contributed by atoms with Crippen molar-refractivity contribution in [2.75, 3.05) is 0 Å². The van der Waals surface area contributed by atoms with Gasteiger partial charge in [-0.15, -0.1) is 10.2 Å². The van der Waals surface area contributed by atoms with Crippen molar-refractivity contribution in [1.82, 2.24) is 25.9 Å². The number of nitrogens with one attached hydrogen (secondary N) is 2. The summed E-state index contributed by atoms with van der Waals surface area (Å²) in [6.45, 7) is 2.07. The summed E-state index contributed by atoms with van der Waals surface area (Å²) < 4.78 is 0. The fraction of sp³-hybridized carbons (Fsp3) is 0.833. The van der Waals surface area contributed by atoms with Gasteiger partial charge in [-0.05, 0) is 25.7 Å². The molecule has 0 spiro atoms. The van der Waals surface area contributed by atoms with E-state index < -0.39 is 0 Å². The fourth-order valence-corrected chi connectivity index (χ4v) is 2.63. The minimum Gasteiger partial charge on any atom is -0.346 e. The SMILES string of the molecule is CCCC(NC(=O)C1CCCC(N)C1)c1nn[nH]n1. The van der Waals surface area contributed by atoms with Gasteiger partial charge in [0.05, 0.1) is 6.04 Å². The van der Waals surface area contributed by atoms with E-state index in [0.29, 0.717) is 5.82 Å². The zero-order valence-corrected chi connectivity index (χ0v) is 11.3. The van der Waals surface area contributed by atoms with Crippen molar-refractivity contribution in [3.05, 3.63) is 5.82 Å². The fourth-order valence-electron chi connectivity index (χ4n) is 2.63. The van der Waals surface area contributed by atoms with Crippen LogP contribution in [0.15, 0.2) is 0 Å². The highest BCUT2D eigenvalue weighted by Crippen LogP contribution is 2.24. The standard InChI is InChI=1S/C12H22N6O/c1-2-4-10(11-15-17-18-16-11)14-12(19)8-5-3-6-9(13)7-8/h8-10H,2-7,13H2,1H3,(H,14,19)(H,15,16,17,18). The van der Waals surface area contributed by atoms with Gasteiger partial charge in [0.1, 0.15) is 0 Å². The maximum Gasteiger partial charge on any atom is 0.223 e. The van der Waals surface area contributed by atoms with E-state index in [1.807, 2.05) is 0 Å². The first-order valence-corrected chi connectivity index (χ1v) is 7.00. The Kier molecular flexibility index (Phi) is 4.84. The first kappa shape index (κ1) is 13.9. The van der Waals surface area contributed by atoms with Crippen LogP contribution in [-0.4, -0.2) is 32.6 Å². The minimum absolute atomic E-state index is 0.0232. The zero-order chi connectivity index (χ0) is 13.7. The van der Waals surface area contributed by atoms with Crippen molar-refractivity contribution in [1.29, 1.82) is 0 Å². The molecule has 0 aliphatic heterocycles. The summed E-state index contributed by atoms with van der Waals surface area (Å²) in [6.07, 6.45) is 5.50. The molecule has 106 valence electrons. The molecule has 0 saturated heterocycles. The highest BCUT2D eigenvalue weighted by Gasteiger charge is 2.28. The molecule has 1 saturated carbocycles. The van der Waals surface area contributed by atoms with Crippen LogP contribution in [0.1, 0.15) is 57.3 Å². The number of nitrogens with two attached hydrogens (primary N) is 1. The molecule has 19 heavy (non-hydrogen) atoms. The average Bonchev–Trinajstić information content (AvgIpc) is 2.92. The van der Waals surface area contributed by atoms with Crippen LogP contribution in [0.3, 0.4) is 0 Å². The van der Waals surface area contributed by atoms with Crippen molar-refractivity contribution in [3.63, 3.8) is 0 Å². The molecule has 3 atom stereocenters. The molecule has 1 heterocycles. The van der Waals surface area contributed by atoms with Crippen LogP contribution in [0, 0.1) is 5.92 Å². The molecule has 1 aromatic heterocycles. The van der Waals surface area contributed by atoms with Gasteiger partial charge < -0.3 is 11.1 Å². The lowest BCUT2D eigenvalue weighted by Gasteiger charge is -2.27. The maximum absolute atomic E-state index is 12.3. The molecule has 7 heteroatoms. The lowest BCUT2D eigenvalue weighted by Crippen LogP contribution is -2.39. The number of nitrogens with zero attached hydrogens (tertiary/aromatic N) is 3. The van der Waals surface area contributed by atoms with Crippen molar-refractivity contribution in [2.45, 2.75) is 57.5 Å². The molecule has 1 fully saturated rings. The second-order valence-corrected chi connectivity index (χ2v) is 5.24. The topological polar surface area (TPSA) is 110 Å². The number of hydrogen-bond donors (Lipinski definition) is 3. The van der Waals surface area contributed by atoms with E-state index in [4.69, 9.17) is 5.73 Å². The van der Waals surface area contributed by atoms with E-state index in [2.05, 4.69) is 32.9 Å². The number of rotatable bonds is 5. The number of amides is 1. The third-order valence-electron chi connectivity index (χ3n) is 3.65. The van der Waals surface area contributed by atoms with Crippen LogP contribution in [-0.2, 0) is 4.79 Å². The van der Waals surface area contributed by atoms with Gasteiger partial charge >= 0.3 is 0 Å². The van der Waals surface area contributed by atoms with Crippen molar-refractivity contribution in [2.24, 2.45) is 11.7 Å². The monoisotopic (exact) mass is 266 g/mol. The van der Waals surface area contributed by atoms with Gasteiger partial charge in [0.15, 0.2) is 5.82 Å². The second kappa shape index (κ2) is 6.60. The van der Waals surface area contributed by atoms with Gasteiger partial charge in [-0.2, -0.15) is 5.21 Å². The summed E-state index contributed by atoms with van der Waals surface area (Å²) in [5.74, 6) is 0.642. The molecule has 1 aliphatic rings. The first-order valence-electron chi connectivity index (χ1n) is 7.00. The summed E-state index contributed by atoms with van der Waals surface area (Å²) in [5, 5.41) is 16.9. The summed E-state index contributed by atoms with van der Waals surface area (Å²) in [6, 6.07) is -0.00583. The van der Waals surface area contributed by atoms with E-state index >= 15 is 0 Å². The zero-order valence-electron chi connectivity index (χ0n) is 11.3. The van der Waals surface area contributed by atoms with E-state index in [1.165, 1.54) is 0 Å². The number of H-pyrrole nitrogens is 1. The van der Waals surface area contributed by atoms with Crippen LogP contribution >= 0.6 is 0 Å². The van der Waals surface area contributed by atoms with Gasteiger partial charge in [-0.3, -0.25) is 4.79 Å². The van der Waals surface area contributed by atoms with Crippen LogP contribution in [0.4, 0.5) is 0 Å². The van der Waals surface area contributed by atoms with E-state index in [9.17, 15) is 4.79 Å². The van der Waals surface area contributed by atoms with Crippen LogP contribution < -0.4 is 11.1 Å². The molecule has 7 nitrogen and oxygen atoms in total. The van der Waals surface area contributed by atoms with Gasteiger partial charge in [0.2, 0.25) is 5.91 Å². The Morgan fingerprint density at radius 2 is 2.42 bits per heavy atom. The normalized spacial score (nSPS) is 24.9. The average molecular weight is 266 g/mol. The number of tetrazole rings is 1. The number of carbonyl (C=O) groups is 1. The molecule has 2 rings (SSSR count). The summed E-state index contributed by atoms with van der Waals surface area (Å²) in [5.41, 5.74) is 5.93. The molecule has 1 aliphatic carbocycles. The van der Waals surface area contributed by atoms with Crippen LogP contribution in [0.2, 0.25) is 0 Å². The van der Waals surface area contributed by atoms with E-state index in [0.717, 1.165) is 38.5 Å². The predicted octanol–water partition coefficient (Wildman–Crippen LogP) is 0.675. The van der Waals surface area contributed by atoms with Crippen LogP contribution in [0.5, 0.6) is 0 Å². The number of hydrogen-bond acceptors (Lipinski definition) is 5. The number of aromatic nitrogens is 4. The van der Waals surface area contributed by atoms with Gasteiger partial charge in [-0.1, -0.05) is 25.0 Å². The molecule has 3 unspecified atom stereocenters. The Morgan fingerprint density at radius 3 is 3.05 bits per heavy atom. The second-order valence-electron chi connectivity index (χ2n) is 5.24. The molecular formula is C12H22N6O. The molecule has 1 aromatic rings. The van der Waals surface area contributed by atoms with Gasteiger partial charge in [-0.25, -0.2) is 0 Å². The lowest BCUT2D eigenvalue weighted by molar-refractivity contribution is -0.127. The Bertz CT molecular complexity index is 393. The summed E-state index contributed by atoms with van der Waals surface area (Å²) in [7, 11) is 0. The van der Waals surface area contributed by atoms with E-state index in [1.54, 1.807) is 0 Å². The number of carbonyl (C=O) groups excluding carboxylic acids is 1. The van der Waals surface area contributed by atoms with Crippen molar-refractivity contribution >= 4 is 5.91 Å². The summed E-state index contributed by atoms with van der Waals surface area (Å²) in [4.78, 5) is 12.3. The molecule has 0 bridgehead atoms. The molecule has 0 radical (unpaired) electrons. The largest absolute Gasteiger partial charge is 0.346 e. The summed E-state index contributed by atoms with van der Waals surface area (Å²) >= 11 is 0. The Hall–Kier alpha value is -1.50. The highest BCUT2D eigenvalue weighted by atomic mass is 16.2. The third-order valence-corrected chi connectivity index (χ3v) is 3.65. The van der Waals surface area contributed by atoms with E-state index in [-0.39, 0.29) is 23.9 Å². The highest BCUT2D eigenvalue weighted by molar-refractivity contribution is 5.79. The molecule has 0 aromatic carbocycles. The first-order chi connectivity index (χ1) is 9.20. The number of aromatic amines is 1. The lowest BCUT2D eigenvalue weighted by atomic mass is 9.85. The maximum atomic E-state index is 12.3. The van der Waals surface area contributed by atoms with Gasteiger partial charge in [0.25, 0.3) is 0 Å². The molecular weight excluding hydrogens is 244 g/mol. The van der Waals surface area contributed by atoms with Crippen molar-refractivity contribution < 1.29 is 4.79 Å². The minimum atomic E-state index is -0.158. The van der Waals surface area contributed by atoms with Crippen LogP contribution in [0.25, 0.3) is 0 Å². The van der Waals surface area contributed by atoms with Crippen molar-refractivity contribution in [3.8, 4) is 0 Å². The predicted molar refractivity (Wildman–Crippen MR) is 69.9 cm³/mol. The Balaban J connectivity index is 1.95.